The Labute approximate surface area is 158 Å². The minimum atomic E-state index is 0.0532. The lowest BCUT2D eigenvalue weighted by molar-refractivity contribution is 0.172. The molecule has 0 atom stereocenters. The summed E-state index contributed by atoms with van der Waals surface area (Å²) in [6, 6.07) is 0.842. The molecule has 0 aromatic carbocycles. The normalized spacial score (nSPS) is 17.9. The second-order valence-corrected chi connectivity index (χ2v) is 7.64. The first-order valence-electron chi connectivity index (χ1n) is 9.55. The van der Waals surface area contributed by atoms with Crippen molar-refractivity contribution in [3.8, 4) is 0 Å². The van der Waals surface area contributed by atoms with Gasteiger partial charge in [0.1, 0.15) is 0 Å². The van der Waals surface area contributed by atoms with E-state index in [2.05, 4.69) is 18.7 Å². The smallest absolute Gasteiger partial charge is 0.320 e. The topological polar surface area (TPSA) is 70.6 Å². The van der Waals surface area contributed by atoms with E-state index in [0.29, 0.717) is 12.6 Å². The number of carbonyl (C=O) groups excluding carboxylic acids is 2. The fourth-order valence-corrected chi connectivity index (χ4v) is 3.02. The van der Waals surface area contributed by atoms with E-state index < -0.39 is 0 Å². The van der Waals surface area contributed by atoms with E-state index in [1.807, 2.05) is 42.6 Å². The molecule has 2 heterocycles. The van der Waals surface area contributed by atoms with Gasteiger partial charge in [-0.15, -0.1) is 0 Å². The summed E-state index contributed by atoms with van der Waals surface area (Å²) in [5.74, 6) is 0. The highest BCUT2D eigenvalue weighted by Crippen LogP contribution is 2.12. The molecule has 2 fully saturated rings. The maximum absolute atomic E-state index is 11.8. The number of hydrogen-bond acceptors (Lipinski definition) is 4. The monoisotopic (exact) mass is 371 g/mol. The lowest BCUT2D eigenvalue weighted by Gasteiger charge is -2.22. The summed E-state index contributed by atoms with van der Waals surface area (Å²) in [4.78, 5) is 32.7. The molecule has 1 N–H and O–H groups in total. The number of aliphatic hydroxyl groups excluding tert-OH is 1. The van der Waals surface area contributed by atoms with Crippen LogP contribution >= 0.6 is 0 Å². The fourth-order valence-electron chi connectivity index (χ4n) is 3.02. The average Bonchev–Trinajstić information content (AvgIpc) is 3.10. The van der Waals surface area contributed by atoms with E-state index in [-0.39, 0.29) is 24.7 Å². The minimum absolute atomic E-state index is 0.0532. The van der Waals surface area contributed by atoms with Crippen molar-refractivity contribution in [2.24, 2.45) is 0 Å². The van der Waals surface area contributed by atoms with Gasteiger partial charge in [0.05, 0.1) is 6.61 Å². The maximum atomic E-state index is 11.8. The van der Waals surface area contributed by atoms with Gasteiger partial charge in [-0.2, -0.15) is 0 Å². The van der Waals surface area contributed by atoms with E-state index in [0.717, 1.165) is 39.3 Å². The number of hydrogen-bond donors (Lipinski definition) is 1. The van der Waals surface area contributed by atoms with Crippen LogP contribution in [-0.2, 0) is 0 Å². The summed E-state index contributed by atoms with van der Waals surface area (Å²) in [7, 11) is 4.06. The van der Waals surface area contributed by atoms with Gasteiger partial charge >= 0.3 is 12.1 Å². The highest BCUT2D eigenvalue weighted by molar-refractivity contribution is 5.77. The molecule has 8 nitrogen and oxygen atoms in total. The van der Waals surface area contributed by atoms with Crippen molar-refractivity contribution >= 4 is 12.1 Å². The molecule has 0 aromatic rings. The molecule has 0 bridgehead atoms. The Balaban J connectivity index is 0.000000263. The van der Waals surface area contributed by atoms with Crippen LogP contribution in [0.4, 0.5) is 9.59 Å². The zero-order valence-electron chi connectivity index (χ0n) is 17.3. The van der Waals surface area contributed by atoms with E-state index in [1.54, 1.807) is 4.90 Å². The molecular formula is C18H37N5O3. The Hall–Kier alpha value is -1.54. The van der Waals surface area contributed by atoms with Crippen LogP contribution in [0, 0.1) is 0 Å². The van der Waals surface area contributed by atoms with Gasteiger partial charge in [0, 0.05) is 57.9 Å². The molecule has 0 saturated carbocycles. The molecule has 2 rings (SSSR count). The van der Waals surface area contributed by atoms with Crippen LogP contribution in [0.15, 0.2) is 0 Å². The molecule has 0 unspecified atom stereocenters. The minimum Gasteiger partial charge on any atom is -0.395 e. The van der Waals surface area contributed by atoms with Crippen molar-refractivity contribution in [3.05, 3.63) is 0 Å². The van der Waals surface area contributed by atoms with Crippen LogP contribution in [0.25, 0.3) is 0 Å². The van der Waals surface area contributed by atoms with Crippen molar-refractivity contribution in [1.29, 1.82) is 0 Å². The van der Waals surface area contributed by atoms with E-state index in [9.17, 15) is 9.59 Å². The van der Waals surface area contributed by atoms with Gasteiger partial charge < -0.3 is 29.6 Å². The van der Waals surface area contributed by atoms with Crippen molar-refractivity contribution in [2.75, 3.05) is 66.5 Å². The van der Waals surface area contributed by atoms with E-state index >= 15 is 0 Å². The Morgan fingerprint density at radius 3 is 1.58 bits per heavy atom. The van der Waals surface area contributed by atoms with Crippen LogP contribution in [0.5, 0.6) is 0 Å². The number of rotatable bonds is 7. The van der Waals surface area contributed by atoms with E-state index in [4.69, 9.17) is 5.11 Å². The number of aliphatic hydroxyl groups is 1. The molecule has 26 heavy (non-hydrogen) atoms. The Morgan fingerprint density at radius 2 is 1.27 bits per heavy atom. The maximum Gasteiger partial charge on any atom is 0.320 e. The number of β-amino-alcohol motifs (C(OH)–C–C–N with tert-alkyl or cyclic N) is 1. The predicted octanol–water partition coefficient (Wildman–Crippen LogP) is 0.819. The molecule has 2 aliphatic heterocycles. The molecule has 2 aliphatic rings. The van der Waals surface area contributed by atoms with E-state index in [1.165, 1.54) is 0 Å². The van der Waals surface area contributed by atoms with Crippen molar-refractivity contribution < 1.29 is 14.7 Å². The SMILES string of the molecule is CC(C)N1CCN(CCN(C)C)C1=O.CC(C)N1CCN(CCO)C1=O. The third-order valence-electron chi connectivity index (χ3n) is 4.69. The van der Waals surface area contributed by atoms with Crippen molar-refractivity contribution in [3.63, 3.8) is 0 Å². The van der Waals surface area contributed by atoms with Gasteiger partial charge in [-0.1, -0.05) is 0 Å². The number of likely N-dealkylation sites (N-methyl/N-ethyl adjacent to an activating group) is 1. The Morgan fingerprint density at radius 1 is 0.846 bits per heavy atom. The van der Waals surface area contributed by atoms with Gasteiger partial charge in [0.15, 0.2) is 0 Å². The van der Waals surface area contributed by atoms with Gasteiger partial charge in [0.25, 0.3) is 0 Å². The third kappa shape index (κ3) is 6.32. The highest BCUT2D eigenvalue weighted by atomic mass is 16.3. The van der Waals surface area contributed by atoms with Crippen LogP contribution in [0.2, 0.25) is 0 Å². The van der Waals surface area contributed by atoms with Gasteiger partial charge in [0.2, 0.25) is 0 Å². The van der Waals surface area contributed by atoms with Crippen LogP contribution in [0.3, 0.4) is 0 Å². The molecule has 0 spiro atoms. The molecule has 152 valence electrons. The number of amides is 4. The zero-order valence-corrected chi connectivity index (χ0v) is 17.3. The summed E-state index contributed by atoms with van der Waals surface area (Å²) >= 11 is 0. The first-order chi connectivity index (χ1) is 12.2. The average molecular weight is 372 g/mol. The van der Waals surface area contributed by atoms with Crippen molar-refractivity contribution in [1.82, 2.24) is 24.5 Å². The first-order valence-corrected chi connectivity index (χ1v) is 9.55. The highest BCUT2D eigenvalue weighted by Gasteiger charge is 2.30. The van der Waals surface area contributed by atoms with Crippen LogP contribution < -0.4 is 0 Å². The fraction of sp³-hybridized carbons (Fsp3) is 0.889. The summed E-state index contributed by atoms with van der Waals surface area (Å²) in [6.45, 7) is 13.7. The summed E-state index contributed by atoms with van der Waals surface area (Å²) in [5, 5.41) is 8.66. The standard InChI is InChI=1S/C10H21N3O.C8H16N2O2/c1-9(2)13-8-7-12(10(13)14)6-5-11(3)4;1-7(2)10-4-3-9(5-6-11)8(10)12/h9H,5-8H2,1-4H3;7,11H,3-6H2,1-2H3. The third-order valence-corrected chi connectivity index (χ3v) is 4.69. The largest absolute Gasteiger partial charge is 0.395 e. The Bertz CT molecular complexity index is 456. The van der Waals surface area contributed by atoms with Crippen molar-refractivity contribution in [2.45, 2.75) is 39.8 Å². The summed E-state index contributed by atoms with van der Waals surface area (Å²) in [5.41, 5.74) is 0. The number of nitrogens with zero attached hydrogens (tertiary/aromatic N) is 5. The number of urea groups is 2. The lowest BCUT2D eigenvalue weighted by atomic mass is 10.3. The zero-order chi connectivity index (χ0) is 19.9. The molecule has 0 aromatic heterocycles. The van der Waals surface area contributed by atoms with Crippen LogP contribution in [-0.4, -0.2) is 120 Å². The second-order valence-electron chi connectivity index (χ2n) is 7.64. The van der Waals surface area contributed by atoms with Gasteiger partial charge in [-0.05, 0) is 41.8 Å². The first kappa shape index (κ1) is 22.5. The lowest BCUT2D eigenvalue weighted by Crippen LogP contribution is -2.38. The van der Waals surface area contributed by atoms with Gasteiger partial charge in [-0.25, -0.2) is 9.59 Å². The molecule has 0 aliphatic carbocycles. The second kappa shape index (κ2) is 10.6. The van der Waals surface area contributed by atoms with Gasteiger partial charge in [-0.3, -0.25) is 0 Å². The molecule has 0 radical (unpaired) electrons. The Kier molecular flexibility index (Phi) is 9.15. The number of carbonyl (C=O) groups is 2. The van der Waals surface area contributed by atoms with Crippen LogP contribution in [0.1, 0.15) is 27.7 Å². The predicted molar refractivity (Wildman–Crippen MR) is 103 cm³/mol. The summed E-state index contributed by atoms with van der Waals surface area (Å²) < 4.78 is 0. The molecule has 4 amide bonds. The molecular weight excluding hydrogens is 334 g/mol. The molecule has 2 saturated heterocycles. The summed E-state index contributed by atoms with van der Waals surface area (Å²) in [6.07, 6.45) is 0. The molecule has 8 heteroatoms. The quantitative estimate of drug-likeness (QED) is 0.719.